The first-order chi connectivity index (χ1) is 11.6. The zero-order valence-electron chi connectivity index (χ0n) is 13.8. The lowest BCUT2D eigenvalue weighted by Gasteiger charge is -2.23. The van der Waals surface area contributed by atoms with Crippen molar-refractivity contribution >= 4 is 11.7 Å². The average Bonchev–Trinajstić information content (AvgIpc) is 3.26. The van der Waals surface area contributed by atoms with E-state index < -0.39 is 0 Å². The maximum atomic E-state index is 12.3. The summed E-state index contributed by atoms with van der Waals surface area (Å²) in [5.41, 5.74) is 0.765. The first kappa shape index (κ1) is 16.7. The van der Waals surface area contributed by atoms with Crippen LogP contribution in [0, 0.1) is 10.1 Å². The van der Waals surface area contributed by atoms with E-state index in [1.54, 1.807) is 18.2 Å². The molecule has 0 bridgehead atoms. The van der Waals surface area contributed by atoms with Crippen molar-refractivity contribution in [2.75, 3.05) is 32.7 Å². The fourth-order valence-corrected chi connectivity index (χ4v) is 3.65. The van der Waals surface area contributed by atoms with Gasteiger partial charge in [-0.2, -0.15) is 0 Å². The number of likely N-dealkylation sites (tertiary alicyclic amines) is 2. The number of benzene rings is 1. The number of nitrogens with zero attached hydrogens (tertiary/aromatic N) is 3. The highest BCUT2D eigenvalue weighted by Gasteiger charge is 2.31. The number of hydrogen-bond acceptors (Lipinski definition) is 4. The van der Waals surface area contributed by atoms with Gasteiger partial charge in [0, 0.05) is 37.3 Å². The Morgan fingerprint density at radius 1 is 1.25 bits per heavy atom. The van der Waals surface area contributed by atoms with E-state index in [0.29, 0.717) is 24.6 Å². The quantitative estimate of drug-likeness (QED) is 0.661. The molecule has 0 unspecified atom stereocenters. The van der Waals surface area contributed by atoms with E-state index in [2.05, 4.69) is 10.2 Å². The van der Waals surface area contributed by atoms with E-state index in [9.17, 15) is 14.9 Å². The standard InChI is InChI=1S/C17H24N4O3/c22-17(20-12-8-15(13-20)19-10-3-4-11-19)18-9-7-14-5-1-2-6-16(14)21(23)24/h1-2,5-6,15H,3-4,7-13H2,(H,18,22)/t15-/m1/s1. The minimum absolute atomic E-state index is 0.0599. The molecule has 7 nitrogen and oxygen atoms in total. The molecule has 2 amide bonds. The summed E-state index contributed by atoms with van der Waals surface area (Å²) in [6.07, 6.45) is 4.03. The number of nitro benzene ring substituents is 1. The molecule has 0 saturated carbocycles. The van der Waals surface area contributed by atoms with Gasteiger partial charge in [-0.3, -0.25) is 15.0 Å². The van der Waals surface area contributed by atoms with Gasteiger partial charge in [-0.1, -0.05) is 18.2 Å². The maximum absolute atomic E-state index is 12.3. The Morgan fingerprint density at radius 2 is 2.00 bits per heavy atom. The Morgan fingerprint density at radius 3 is 2.75 bits per heavy atom. The van der Waals surface area contributed by atoms with Gasteiger partial charge in [-0.05, 0) is 38.8 Å². The first-order valence-electron chi connectivity index (χ1n) is 8.64. The minimum Gasteiger partial charge on any atom is -0.338 e. The van der Waals surface area contributed by atoms with Crippen LogP contribution in [0.25, 0.3) is 0 Å². The molecule has 24 heavy (non-hydrogen) atoms. The van der Waals surface area contributed by atoms with Crippen molar-refractivity contribution in [3.05, 3.63) is 39.9 Å². The summed E-state index contributed by atoms with van der Waals surface area (Å²) in [4.78, 5) is 27.2. The predicted octanol–water partition coefficient (Wildman–Crippen LogP) is 2.02. The average molecular weight is 332 g/mol. The topological polar surface area (TPSA) is 78.7 Å². The molecule has 1 N–H and O–H groups in total. The van der Waals surface area contributed by atoms with E-state index >= 15 is 0 Å². The van der Waals surface area contributed by atoms with E-state index in [0.717, 1.165) is 32.6 Å². The Labute approximate surface area is 141 Å². The smallest absolute Gasteiger partial charge is 0.317 e. The molecule has 0 aromatic heterocycles. The van der Waals surface area contributed by atoms with Gasteiger partial charge in [0.2, 0.25) is 0 Å². The first-order valence-corrected chi connectivity index (χ1v) is 8.64. The largest absolute Gasteiger partial charge is 0.338 e. The highest BCUT2D eigenvalue weighted by atomic mass is 16.6. The third kappa shape index (κ3) is 3.84. The number of hydrogen-bond donors (Lipinski definition) is 1. The third-order valence-corrected chi connectivity index (χ3v) is 4.97. The number of rotatable bonds is 5. The zero-order valence-corrected chi connectivity index (χ0v) is 13.8. The van der Waals surface area contributed by atoms with Crippen LogP contribution in [0.2, 0.25) is 0 Å². The second-order valence-corrected chi connectivity index (χ2v) is 6.50. The van der Waals surface area contributed by atoms with Gasteiger partial charge in [0.15, 0.2) is 0 Å². The minimum atomic E-state index is -0.377. The molecule has 0 spiro atoms. The molecule has 0 radical (unpaired) electrons. The number of amides is 2. The second kappa shape index (κ2) is 7.61. The van der Waals surface area contributed by atoms with Crippen LogP contribution in [0.4, 0.5) is 10.5 Å². The molecule has 2 fully saturated rings. The molecule has 1 atom stereocenters. The van der Waals surface area contributed by atoms with Crippen molar-refractivity contribution in [3.8, 4) is 0 Å². The number of nitro groups is 1. The molecule has 7 heteroatoms. The number of carbonyl (C=O) groups excluding carboxylic acids is 1. The Bertz CT molecular complexity index is 601. The number of nitrogens with one attached hydrogen (secondary N) is 1. The van der Waals surface area contributed by atoms with Gasteiger partial charge in [-0.15, -0.1) is 0 Å². The van der Waals surface area contributed by atoms with Gasteiger partial charge in [-0.25, -0.2) is 4.79 Å². The second-order valence-electron chi connectivity index (χ2n) is 6.50. The lowest BCUT2D eigenvalue weighted by atomic mass is 10.1. The summed E-state index contributed by atoms with van der Waals surface area (Å²) in [7, 11) is 0. The van der Waals surface area contributed by atoms with Crippen LogP contribution in [-0.2, 0) is 6.42 Å². The molecule has 0 aliphatic carbocycles. The Hall–Kier alpha value is -2.15. The Balaban J connectivity index is 1.45. The SMILES string of the molecule is O=C(NCCc1ccccc1[N+](=O)[O-])N1CC[C@@H](N2CCCC2)C1. The monoisotopic (exact) mass is 332 g/mol. The molecule has 2 aliphatic rings. The van der Waals surface area contributed by atoms with Crippen molar-refractivity contribution in [1.29, 1.82) is 0 Å². The fraction of sp³-hybridized carbons (Fsp3) is 0.588. The van der Waals surface area contributed by atoms with Gasteiger partial charge < -0.3 is 10.2 Å². The van der Waals surface area contributed by atoms with Crippen LogP contribution >= 0.6 is 0 Å². The van der Waals surface area contributed by atoms with Crippen LogP contribution in [0.5, 0.6) is 0 Å². The van der Waals surface area contributed by atoms with Crippen LogP contribution in [-0.4, -0.2) is 59.5 Å². The summed E-state index contributed by atoms with van der Waals surface area (Å²) in [6, 6.07) is 7.11. The highest BCUT2D eigenvalue weighted by Crippen LogP contribution is 2.20. The molecule has 1 aromatic rings. The lowest BCUT2D eigenvalue weighted by molar-refractivity contribution is -0.385. The van der Waals surface area contributed by atoms with E-state index in [4.69, 9.17) is 0 Å². The van der Waals surface area contributed by atoms with Crippen LogP contribution in [0.1, 0.15) is 24.8 Å². The third-order valence-electron chi connectivity index (χ3n) is 4.97. The summed E-state index contributed by atoms with van der Waals surface area (Å²) < 4.78 is 0. The predicted molar refractivity (Wildman–Crippen MR) is 91.0 cm³/mol. The molecule has 1 aromatic carbocycles. The van der Waals surface area contributed by atoms with E-state index in [1.807, 2.05) is 4.90 Å². The highest BCUT2D eigenvalue weighted by molar-refractivity contribution is 5.74. The van der Waals surface area contributed by atoms with Crippen molar-refractivity contribution < 1.29 is 9.72 Å². The van der Waals surface area contributed by atoms with Crippen LogP contribution in [0.3, 0.4) is 0 Å². The number of carbonyl (C=O) groups is 1. The molecule has 2 heterocycles. The van der Waals surface area contributed by atoms with Gasteiger partial charge in [0.1, 0.15) is 0 Å². The normalized spacial score (nSPS) is 21.2. The van der Waals surface area contributed by atoms with E-state index in [-0.39, 0.29) is 16.6 Å². The van der Waals surface area contributed by atoms with Crippen molar-refractivity contribution in [2.45, 2.75) is 31.7 Å². The molecular formula is C17H24N4O3. The van der Waals surface area contributed by atoms with Gasteiger partial charge in [0.25, 0.3) is 5.69 Å². The Kier molecular flexibility index (Phi) is 5.30. The molecule has 130 valence electrons. The fourth-order valence-electron chi connectivity index (χ4n) is 3.65. The van der Waals surface area contributed by atoms with Gasteiger partial charge >= 0.3 is 6.03 Å². The molecule has 2 saturated heterocycles. The van der Waals surface area contributed by atoms with Crippen molar-refractivity contribution in [1.82, 2.24) is 15.1 Å². The number of urea groups is 1. The summed E-state index contributed by atoms with van der Waals surface area (Å²) >= 11 is 0. The summed E-state index contributed by atoms with van der Waals surface area (Å²) in [5, 5.41) is 13.9. The maximum Gasteiger partial charge on any atom is 0.317 e. The molecule has 2 aliphatic heterocycles. The summed E-state index contributed by atoms with van der Waals surface area (Å²) in [5.74, 6) is 0. The molecule has 3 rings (SSSR count). The van der Waals surface area contributed by atoms with Gasteiger partial charge in [0.05, 0.1) is 4.92 Å². The summed E-state index contributed by atoms with van der Waals surface area (Å²) in [6.45, 7) is 4.29. The van der Waals surface area contributed by atoms with Crippen molar-refractivity contribution in [2.24, 2.45) is 0 Å². The zero-order chi connectivity index (χ0) is 16.9. The molecular weight excluding hydrogens is 308 g/mol. The lowest BCUT2D eigenvalue weighted by Crippen LogP contribution is -2.42. The van der Waals surface area contributed by atoms with E-state index in [1.165, 1.54) is 18.9 Å². The van der Waals surface area contributed by atoms with Crippen LogP contribution < -0.4 is 5.32 Å². The number of para-hydroxylation sites is 1. The van der Waals surface area contributed by atoms with Crippen LogP contribution in [0.15, 0.2) is 24.3 Å². The van der Waals surface area contributed by atoms with Crippen molar-refractivity contribution in [3.63, 3.8) is 0 Å².